The Balaban J connectivity index is 1.69. The molecule has 0 saturated carbocycles. The van der Waals surface area contributed by atoms with Crippen LogP contribution in [0, 0.1) is 5.95 Å². The number of aromatic nitrogens is 1. The molecular weight excluding hydrogens is 313 g/mol. The molecule has 0 aliphatic carbocycles. The van der Waals surface area contributed by atoms with E-state index in [1.165, 1.54) is 0 Å². The maximum atomic E-state index is 14.1. The highest BCUT2D eigenvalue weighted by Gasteiger charge is 2.27. The summed E-state index contributed by atoms with van der Waals surface area (Å²) >= 11 is 0. The van der Waals surface area contributed by atoms with E-state index in [4.69, 9.17) is 14.2 Å². The molecule has 1 aromatic rings. The van der Waals surface area contributed by atoms with E-state index in [1.807, 2.05) is 7.05 Å². The molecule has 134 valence electrons. The van der Waals surface area contributed by atoms with Gasteiger partial charge in [0.05, 0.1) is 6.61 Å². The number of hydrogen-bond donors (Lipinski definition) is 0. The first kappa shape index (κ1) is 17.2. The third-order valence-corrected chi connectivity index (χ3v) is 4.90. The van der Waals surface area contributed by atoms with Gasteiger partial charge in [0.2, 0.25) is 0 Å². The summed E-state index contributed by atoms with van der Waals surface area (Å²) in [7, 11) is 4.11. The zero-order chi connectivity index (χ0) is 17.1. The molecule has 2 saturated heterocycles. The maximum absolute atomic E-state index is 14.1. The Labute approximate surface area is 142 Å². The third-order valence-electron chi connectivity index (χ3n) is 4.90. The van der Waals surface area contributed by atoms with Crippen molar-refractivity contribution in [3.05, 3.63) is 12.0 Å². The lowest BCUT2D eigenvalue weighted by atomic mass is 10.1. The van der Waals surface area contributed by atoms with Crippen LogP contribution in [0.15, 0.2) is 6.07 Å². The van der Waals surface area contributed by atoms with E-state index >= 15 is 0 Å². The van der Waals surface area contributed by atoms with Crippen LogP contribution < -0.4 is 14.2 Å². The van der Waals surface area contributed by atoms with Crippen molar-refractivity contribution < 1.29 is 18.6 Å². The van der Waals surface area contributed by atoms with Crippen LogP contribution >= 0.6 is 0 Å². The summed E-state index contributed by atoms with van der Waals surface area (Å²) in [6.07, 6.45) is 2.19. The van der Waals surface area contributed by atoms with Crippen LogP contribution in [0.5, 0.6) is 17.4 Å². The second-order valence-electron chi connectivity index (χ2n) is 6.48. The van der Waals surface area contributed by atoms with Crippen LogP contribution in [0.4, 0.5) is 4.39 Å². The first-order valence-corrected chi connectivity index (χ1v) is 8.58. The molecule has 0 spiro atoms. The number of halogens is 1. The molecule has 3 rings (SSSR count). The number of likely N-dealkylation sites (N-methyl/N-ethyl adjacent to an activating group) is 2. The monoisotopic (exact) mass is 339 g/mol. The topological polar surface area (TPSA) is 47.1 Å². The summed E-state index contributed by atoms with van der Waals surface area (Å²) in [4.78, 5) is 8.35. The minimum atomic E-state index is -0.665. The molecule has 7 heteroatoms. The minimum absolute atomic E-state index is 0.0996. The number of ether oxygens (including phenoxy) is 3. The van der Waals surface area contributed by atoms with Crippen LogP contribution in [-0.4, -0.2) is 73.9 Å². The van der Waals surface area contributed by atoms with Crippen molar-refractivity contribution in [3.8, 4) is 17.4 Å². The van der Waals surface area contributed by atoms with Gasteiger partial charge in [-0.3, -0.25) is 9.80 Å². The molecule has 2 aliphatic rings. The fourth-order valence-electron chi connectivity index (χ4n) is 2.83. The van der Waals surface area contributed by atoms with Gasteiger partial charge in [-0.2, -0.15) is 9.37 Å². The number of hydrogen-bond acceptors (Lipinski definition) is 6. The molecule has 3 heterocycles. The van der Waals surface area contributed by atoms with Crippen molar-refractivity contribution in [1.29, 1.82) is 0 Å². The van der Waals surface area contributed by atoms with E-state index in [9.17, 15) is 4.39 Å². The van der Waals surface area contributed by atoms with E-state index in [0.717, 1.165) is 25.9 Å². The highest BCUT2D eigenvalue weighted by molar-refractivity contribution is 5.40. The molecule has 6 nitrogen and oxygen atoms in total. The molecule has 0 aromatic carbocycles. The number of rotatable bonds is 8. The van der Waals surface area contributed by atoms with Crippen LogP contribution in [-0.2, 0) is 0 Å². The van der Waals surface area contributed by atoms with Gasteiger partial charge in [-0.15, -0.1) is 0 Å². The number of likely N-dealkylation sites (tertiary alicyclic amines) is 2. The SMILES string of the molecule is CCOc1cc(OC[C@@H]2CCN2C)c(OC[C@@H]2CCN2C)nc1F. The van der Waals surface area contributed by atoms with E-state index in [0.29, 0.717) is 37.7 Å². The standard InChI is InChI=1S/C17H26FN3O3/c1-4-22-14-9-15(23-10-12-5-7-20(12)2)17(19-16(14)18)24-11-13-6-8-21(13)3/h9,12-13H,4-8,10-11H2,1-3H3/t12-,13-/m0/s1. The van der Waals surface area contributed by atoms with Crippen LogP contribution in [0.1, 0.15) is 19.8 Å². The first-order chi connectivity index (χ1) is 11.6. The average Bonchev–Trinajstić information content (AvgIpc) is 2.55. The van der Waals surface area contributed by atoms with E-state index < -0.39 is 5.95 Å². The van der Waals surface area contributed by atoms with E-state index in [2.05, 4.69) is 21.8 Å². The predicted molar refractivity (Wildman–Crippen MR) is 88.4 cm³/mol. The van der Waals surface area contributed by atoms with E-state index in [-0.39, 0.29) is 11.6 Å². The summed E-state index contributed by atoms with van der Waals surface area (Å²) in [5.74, 6) is 0.0878. The van der Waals surface area contributed by atoms with Gasteiger partial charge in [-0.05, 0) is 47.0 Å². The van der Waals surface area contributed by atoms with Crippen LogP contribution in [0.3, 0.4) is 0 Å². The Kier molecular flexibility index (Phi) is 5.40. The van der Waals surface area contributed by atoms with Crippen LogP contribution in [0.25, 0.3) is 0 Å². The highest BCUT2D eigenvalue weighted by Crippen LogP contribution is 2.32. The molecule has 24 heavy (non-hydrogen) atoms. The van der Waals surface area contributed by atoms with Gasteiger partial charge in [0.25, 0.3) is 11.8 Å². The van der Waals surface area contributed by atoms with Gasteiger partial charge >= 0.3 is 0 Å². The van der Waals surface area contributed by atoms with Gasteiger partial charge in [0.1, 0.15) is 13.2 Å². The van der Waals surface area contributed by atoms with Crippen molar-refractivity contribution in [2.24, 2.45) is 0 Å². The Morgan fingerprint density at radius 1 is 1.04 bits per heavy atom. The molecule has 1 aromatic heterocycles. The summed E-state index contributed by atoms with van der Waals surface area (Å²) < 4.78 is 31.0. The van der Waals surface area contributed by atoms with Gasteiger partial charge in [-0.1, -0.05) is 0 Å². The smallest absolute Gasteiger partial charge is 0.260 e. The first-order valence-electron chi connectivity index (χ1n) is 8.58. The molecule has 2 fully saturated rings. The Hall–Kier alpha value is -1.60. The van der Waals surface area contributed by atoms with Crippen LogP contribution in [0.2, 0.25) is 0 Å². The lowest BCUT2D eigenvalue weighted by Gasteiger charge is -2.38. The van der Waals surface area contributed by atoms with Crippen molar-refractivity contribution in [3.63, 3.8) is 0 Å². The normalized spacial score (nSPS) is 24.2. The lowest BCUT2D eigenvalue weighted by molar-refractivity contribution is 0.0639. The summed E-state index contributed by atoms with van der Waals surface area (Å²) in [6, 6.07) is 2.29. The Morgan fingerprint density at radius 2 is 1.67 bits per heavy atom. The third kappa shape index (κ3) is 3.72. The second kappa shape index (κ2) is 7.53. The number of nitrogens with zero attached hydrogens (tertiary/aromatic N) is 3. The van der Waals surface area contributed by atoms with Gasteiger partial charge < -0.3 is 14.2 Å². The second-order valence-corrected chi connectivity index (χ2v) is 6.48. The van der Waals surface area contributed by atoms with Gasteiger partial charge in [-0.25, -0.2) is 0 Å². The highest BCUT2D eigenvalue weighted by atomic mass is 19.1. The maximum Gasteiger partial charge on any atom is 0.260 e. The molecule has 0 radical (unpaired) electrons. The molecule has 0 bridgehead atoms. The molecular formula is C17H26FN3O3. The summed E-state index contributed by atoms with van der Waals surface area (Å²) in [6.45, 7) is 5.34. The number of pyridine rings is 1. The Bertz CT molecular complexity index is 572. The summed E-state index contributed by atoms with van der Waals surface area (Å²) in [5.41, 5.74) is 0. The molecule has 0 amide bonds. The van der Waals surface area contributed by atoms with Crippen molar-refractivity contribution in [2.45, 2.75) is 31.8 Å². The molecule has 2 atom stereocenters. The molecule has 0 unspecified atom stereocenters. The van der Waals surface area contributed by atoms with Crippen molar-refractivity contribution >= 4 is 0 Å². The minimum Gasteiger partial charge on any atom is -0.489 e. The molecule has 2 aliphatic heterocycles. The van der Waals surface area contributed by atoms with Crippen molar-refractivity contribution in [1.82, 2.24) is 14.8 Å². The van der Waals surface area contributed by atoms with Gasteiger partial charge in [0, 0.05) is 18.2 Å². The quantitative estimate of drug-likeness (QED) is 0.673. The summed E-state index contributed by atoms with van der Waals surface area (Å²) in [5, 5.41) is 0. The zero-order valence-corrected chi connectivity index (χ0v) is 14.6. The lowest BCUT2D eigenvalue weighted by Crippen LogP contribution is -2.48. The fraction of sp³-hybridized carbons (Fsp3) is 0.706. The largest absolute Gasteiger partial charge is 0.489 e. The van der Waals surface area contributed by atoms with E-state index in [1.54, 1.807) is 13.0 Å². The molecule has 0 N–H and O–H groups in total. The Morgan fingerprint density at radius 3 is 2.17 bits per heavy atom. The van der Waals surface area contributed by atoms with Gasteiger partial charge in [0.15, 0.2) is 11.5 Å². The zero-order valence-electron chi connectivity index (χ0n) is 14.6. The van der Waals surface area contributed by atoms with Crippen molar-refractivity contribution in [2.75, 3.05) is 47.0 Å². The average molecular weight is 339 g/mol. The predicted octanol–water partition coefficient (Wildman–Crippen LogP) is 1.79. The fourth-order valence-corrected chi connectivity index (χ4v) is 2.83.